The second-order valence-electron chi connectivity index (χ2n) is 5.96. The first-order valence-corrected chi connectivity index (χ1v) is 9.03. The fraction of sp³-hybridized carbons (Fsp3) is 0.389. The molecule has 0 aliphatic rings. The van der Waals surface area contributed by atoms with Gasteiger partial charge >= 0.3 is 0 Å². The quantitative estimate of drug-likeness (QED) is 0.589. The molecule has 0 saturated carbocycles. The van der Waals surface area contributed by atoms with Crippen LogP contribution in [0.3, 0.4) is 0 Å². The Morgan fingerprint density at radius 3 is 2.62 bits per heavy atom. The van der Waals surface area contributed by atoms with Crippen LogP contribution in [0.25, 0.3) is 11.4 Å². The van der Waals surface area contributed by atoms with Gasteiger partial charge in [-0.1, -0.05) is 62.0 Å². The van der Waals surface area contributed by atoms with Crippen molar-refractivity contribution in [1.82, 2.24) is 20.1 Å². The van der Waals surface area contributed by atoms with Gasteiger partial charge in [0.25, 0.3) is 0 Å². The first-order chi connectivity index (χ1) is 11.5. The molecule has 0 aliphatic carbocycles. The lowest BCUT2D eigenvalue weighted by molar-refractivity contribution is -0.119. The number of nitrogens with one attached hydrogen (secondary N) is 1. The molecule has 0 unspecified atom stereocenters. The summed E-state index contributed by atoms with van der Waals surface area (Å²) < 4.78 is 1.98. The van der Waals surface area contributed by atoms with Gasteiger partial charge in [-0.3, -0.25) is 9.36 Å². The zero-order valence-corrected chi connectivity index (χ0v) is 15.2. The maximum absolute atomic E-state index is 12.1. The predicted molar refractivity (Wildman–Crippen MR) is 98.8 cm³/mol. The van der Waals surface area contributed by atoms with Crippen LogP contribution in [0, 0.1) is 5.92 Å². The summed E-state index contributed by atoms with van der Waals surface area (Å²) in [5, 5.41) is 12.3. The Kier molecular flexibility index (Phi) is 6.61. The van der Waals surface area contributed by atoms with E-state index in [1.54, 1.807) is 6.08 Å². The van der Waals surface area contributed by atoms with Gasteiger partial charge in [0.1, 0.15) is 0 Å². The lowest BCUT2D eigenvalue weighted by Crippen LogP contribution is -2.37. The summed E-state index contributed by atoms with van der Waals surface area (Å²) in [5.41, 5.74) is 0.997. The van der Waals surface area contributed by atoms with Crippen LogP contribution in [0.2, 0.25) is 0 Å². The lowest BCUT2D eigenvalue weighted by atomic mass is 10.1. The van der Waals surface area contributed by atoms with Crippen molar-refractivity contribution in [2.24, 2.45) is 5.92 Å². The molecule has 128 valence electrons. The Hall–Kier alpha value is -2.08. The summed E-state index contributed by atoms with van der Waals surface area (Å²) >= 11 is 1.39. The third-order valence-electron chi connectivity index (χ3n) is 3.78. The van der Waals surface area contributed by atoms with Crippen LogP contribution in [-0.4, -0.2) is 32.5 Å². The van der Waals surface area contributed by atoms with Gasteiger partial charge in [0.05, 0.1) is 5.75 Å². The van der Waals surface area contributed by atoms with Gasteiger partial charge < -0.3 is 5.32 Å². The van der Waals surface area contributed by atoms with Crippen LogP contribution < -0.4 is 5.32 Å². The minimum absolute atomic E-state index is 0.00983. The second-order valence-corrected chi connectivity index (χ2v) is 6.90. The largest absolute Gasteiger partial charge is 0.353 e. The van der Waals surface area contributed by atoms with E-state index in [1.807, 2.05) is 41.8 Å². The van der Waals surface area contributed by atoms with E-state index in [0.29, 0.717) is 18.2 Å². The zero-order chi connectivity index (χ0) is 17.5. The topological polar surface area (TPSA) is 59.8 Å². The van der Waals surface area contributed by atoms with Crippen molar-refractivity contribution in [2.45, 2.75) is 38.5 Å². The molecular weight excluding hydrogens is 320 g/mol. The number of thioether (sulfide) groups is 1. The molecule has 0 bridgehead atoms. The molecular formula is C18H24N4OS. The summed E-state index contributed by atoms with van der Waals surface area (Å²) in [6.45, 7) is 10.6. The first kappa shape index (κ1) is 18.3. The van der Waals surface area contributed by atoms with E-state index in [1.165, 1.54) is 11.8 Å². The Labute approximate surface area is 147 Å². The molecule has 24 heavy (non-hydrogen) atoms. The van der Waals surface area contributed by atoms with E-state index in [0.717, 1.165) is 16.5 Å². The number of carbonyl (C=O) groups excluding carboxylic acids is 1. The van der Waals surface area contributed by atoms with Gasteiger partial charge in [0, 0.05) is 18.2 Å². The average Bonchev–Trinajstić information content (AvgIpc) is 2.97. The molecule has 0 spiro atoms. The number of aromatic nitrogens is 3. The fourth-order valence-electron chi connectivity index (χ4n) is 2.08. The molecule has 1 heterocycles. The van der Waals surface area contributed by atoms with Crippen LogP contribution in [0.5, 0.6) is 0 Å². The summed E-state index contributed by atoms with van der Waals surface area (Å²) in [6.07, 6.45) is 1.81. The molecule has 1 aromatic heterocycles. The number of allylic oxidation sites excluding steroid dienone is 1. The molecule has 6 heteroatoms. The standard InChI is InChI=1S/C18H24N4OS/c1-5-11-22-17(15-9-7-6-8-10-15)20-21-18(22)24-12-16(23)19-14(4)13(2)3/h5-10,13-14H,1,11-12H2,2-4H3,(H,19,23)/t14-/m0/s1. The molecule has 0 fully saturated rings. The van der Waals surface area contributed by atoms with E-state index >= 15 is 0 Å². The molecule has 0 saturated heterocycles. The average molecular weight is 344 g/mol. The second kappa shape index (κ2) is 8.68. The minimum atomic E-state index is 0.00983. The van der Waals surface area contributed by atoms with Crippen LogP contribution in [0.15, 0.2) is 48.1 Å². The van der Waals surface area contributed by atoms with E-state index in [2.05, 4.69) is 35.9 Å². The highest BCUT2D eigenvalue weighted by Gasteiger charge is 2.16. The summed E-state index contributed by atoms with van der Waals surface area (Å²) in [4.78, 5) is 12.1. The van der Waals surface area contributed by atoms with Crippen molar-refractivity contribution in [3.05, 3.63) is 43.0 Å². The molecule has 1 N–H and O–H groups in total. The van der Waals surface area contributed by atoms with Crippen LogP contribution in [-0.2, 0) is 11.3 Å². The normalized spacial score (nSPS) is 12.2. The predicted octanol–water partition coefficient (Wildman–Crippen LogP) is 3.38. The smallest absolute Gasteiger partial charge is 0.230 e. The van der Waals surface area contributed by atoms with Crippen molar-refractivity contribution in [2.75, 3.05) is 5.75 Å². The molecule has 1 aromatic carbocycles. The highest BCUT2D eigenvalue weighted by molar-refractivity contribution is 7.99. The maximum Gasteiger partial charge on any atom is 0.230 e. The number of rotatable bonds is 8. The highest BCUT2D eigenvalue weighted by Crippen LogP contribution is 2.23. The number of carbonyl (C=O) groups is 1. The Balaban J connectivity index is 2.09. The van der Waals surface area contributed by atoms with Gasteiger partial charge in [-0.05, 0) is 12.8 Å². The maximum atomic E-state index is 12.1. The Morgan fingerprint density at radius 1 is 1.29 bits per heavy atom. The zero-order valence-electron chi connectivity index (χ0n) is 14.4. The minimum Gasteiger partial charge on any atom is -0.353 e. The van der Waals surface area contributed by atoms with E-state index in [4.69, 9.17) is 0 Å². The first-order valence-electron chi connectivity index (χ1n) is 8.04. The summed E-state index contributed by atoms with van der Waals surface area (Å²) in [6, 6.07) is 10.0. The number of hydrogen-bond acceptors (Lipinski definition) is 4. The number of nitrogens with zero attached hydrogens (tertiary/aromatic N) is 3. The molecule has 0 aliphatic heterocycles. The molecule has 2 aromatic rings. The van der Waals surface area contributed by atoms with Crippen molar-refractivity contribution < 1.29 is 4.79 Å². The van der Waals surface area contributed by atoms with Crippen LogP contribution in [0.1, 0.15) is 20.8 Å². The van der Waals surface area contributed by atoms with Gasteiger partial charge in [0.15, 0.2) is 11.0 Å². The van der Waals surface area contributed by atoms with Crippen LogP contribution >= 0.6 is 11.8 Å². The van der Waals surface area contributed by atoms with Gasteiger partial charge in [-0.25, -0.2) is 0 Å². The SMILES string of the molecule is C=CCn1c(SCC(=O)N[C@@H](C)C(C)C)nnc1-c1ccccc1. The lowest BCUT2D eigenvalue weighted by Gasteiger charge is -2.17. The van der Waals surface area contributed by atoms with Gasteiger partial charge in [-0.15, -0.1) is 16.8 Å². The summed E-state index contributed by atoms with van der Waals surface area (Å²) in [7, 11) is 0. The van der Waals surface area contributed by atoms with Crippen molar-refractivity contribution in [1.29, 1.82) is 0 Å². The van der Waals surface area contributed by atoms with Gasteiger partial charge in [0.2, 0.25) is 5.91 Å². The molecule has 1 amide bonds. The highest BCUT2D eigenvalue weighted by atomic mass is 32.2. The summed E-state index contributed by atoms with van der Waals surface area (Å²) in [5.74, 6) is 1.53. The van der Waals surface area contributed by atoms with Crippen molar-refractivity contribution in [3.8, 4) is 11.4 Å². The van der Waals surface area contributed by atoms with Gasteiger partial charge in [-0.2, -0.15) is 0 Å². The third-order valence-corrected chi connectivity index (χ3v) is 4.75. The van der Waals surface area contributed by atoms with Crippen molar-refractivity contribution >= 4 is 17.7 Å². The fourth-order valence-corrected chi connectivity index (χ4v) is 2.84. The van der Waals surface area contributed by atoms with E-state index < -0.39 is 0 Å². The van der Waals surface area contributed by atoms with Crippen LogP contribution in [0.4, 0.5) is 0 Å². The van der Waals surface area contributed by atoms with E-state index in [9.17, 15) is 4.79 Å². The third kappa shape index (κ3) is 4.71. The molecule has 5 nitrogen and oxygen atoms in total. The molecule has 2 rings (SSSR count). The van der Waals surface area contributed by atoms with Crippen molar-refractivity contribution in [3.63, 3.8) is 0 Å². The van der Waals surface area contributed by atoms with E-state index in [-0.39, 0.29) is 11.9 Å². The number of amides is 1. The Bertz CT molecular complexity index is 682. The monoisotopic (exact) mass is 344 g/mol. The molecule has 0 radical (unpaired) electrons. The Morgan fingerprint density at radius 2 is 2.00 bits per heavy atom. The molecule has 1 atom stereocenters. The number of benzene rings is 1. The number of hydrogen-bond donors (Lipinski definition) is 1.